The van der Waals surface area contributed by atoms with Gasteiger partial charge in [0.1, 0.15) is 0 Å². The fourth-order valence-electron chi connectivity index (χ4n) is 2.02. The lowest BCUT2D eigenvalue weighted by Crippen LogP contribution is -2.16. The molecule has 0 saturated carbocycles. The van der Waals surface area contributed by atoms with Gasteiger partial charge >= 0.3 is 6.01 Å². The summed E-state index contributed by atoms with van der Waals surface area (Å²) in [4.78, 5) is 12.7. The van der Waals surface area contributed by atoms with Crippen LogP contribution in [0.15, 0.2) is 30.3 Å². The van der Waals surface area contributed by atoms with E-state index in [-0.39, 0.29) is 6.01 Å². The van der Waals surface area contributed by atoms with E-state index in [2.05, 4.69) is 25.6 Å². The highest BCUT2D eigenvalue weighted by Crippen LogP contribution is 2.11. The standard InChI is InChI=1S/C17H26N6O3/c1-24-17-22-15(19-8-10-26-12-11-25-9-7-18)21-16(23-17)20-13-14-5-3-2-4-6-14/h2-6H,7-13,18H2,1H3,(H2,19,20,21,22,23). The normalized spacial score (nSPS) is 10.5. The first-order valence-corrected chi connectivity index (χ1v) is 8.49. The average molecular weight is 362 g/mol. The summed E-state index contributed by atoms with van der Waals surface area (Å²) in [6.45, 7) is 3.79. The van der Waals surface area contributed by atoms with Crippen molar-refractivity contribution in [3.63, 3.8) is 0 Å². The molecule has 142 valence electrons. The van der Waals surface area contributed by atoms with Crippen molar-refractivity contribution >= 4 is 11.9 Å². The molecule has 26 heavy (non-hydrogen) atoms. The van der Waals surface area contributed by atoms with Crippen LogP contribution in [0.4, 0.5) is 11.9 Å². The van der Waals surface area contributed by atoms with Gasteiger partial charge in [0.15, 0.2) is 0 Å². The number of hydrogen-bond acceptors (Lipinski definition) is 9. The summed E-state index contributed by atoms with van der Waals surface area (Å²) in [5.74, 6) is 0.870. The van der Waals surface area contributed by atoms with Crippen LogP contribution in [-0.2, 0) is 16.0 Å². The van der Waals surface area contributed by atoms with Crippen molar-refractivity contribution in [1.82, 2.24) is 15.0 Å². The molecular weight excluding hydrogens is 336 g/mol. The van der Waals surface area contributed by atoms with Gasteiger partial charge in [0.05, 0.1) is 33.5 Å². The Hall–Kier alpha value is -2.49. The van der Waals surface area contributed by atoms with Gasteiger partial charge in [0.25, 0.3) is 0 Å². The zero-order chi connectivity index (χ0) is 18.5. The molecule has 1 aromatic carbocycles. The van der Waals surface area contributed by atoms with Crippen molar-refractivity contribution in [2.45, 2.75) is 6.54 Å². The van der Waals surface area contributed by atoms with Crippen LogP contribution in [0.1, 0.15) is 5.56 Å². The molecular formula is C17H26N6O3. The van der Waals surface area contributed by atoms with Crippen LogP contribution in [0.3, 0.4) is 0 Å². The molecule has 0 unspecified atom stereocenters. The Kier molecular flexibility index (Phi) is 9.12. The first-order valence-electron chi connectivity index (χ1n) is 8.49. The maximum Gasteiger partial charge on any atom is 0.322 e. The molecule has 0 amide bonds. The van der Waals surface area contributed by atoms with E-state index < -0.39 is 0 Å². The highest BCUT2D eigenvalue weighted by atomic mass is 16.5. The topological polar surface area (TPSA) is 116 Å². The zero-order valence-electron chi connectivity index (χ0n) is 15.0. The van der Waals surface area contributed by atoms with Crippen molar-refractivity contribution in [3.8, 4) is 6.01 Å². The Bertz CT molecular complexity index is 629. The lowest BCUT2D eigenvalue weighted by Gasteiger charge is -2.10. The minimum atomic E-state index is 0.245. The maximum atomic E-state index is 5.45. The lowest BCUT2D eigenvalue weighted by molar-refractivity contribution is 0.0547. The van der Waals surface area contributed by atoms with Gasteiger partial charge in [-0.25, -0.2) is 0 Å². The summed E-state index contributed by atoms with van der Waals surface area (Å²) < 4.78 is 15.8. The molecule has 0 saturated heterocycles. The Morgan fingerprint density at radius 2 is 1.58 bits per heavy atom. The monoisotopic (exact) mass is 362 g/mol. The molecule has 0 aliphatic rings. The molecule has 9 nitrogen and oxygen atoms in total. The van der Waals surface area contributed by atoms with Crippen LogP contribution in [-0.4, -0.2) is 61.6 Å². The molecule has 1 heterocycles. The predicted octanol–water partition coefficient (Wildman–Crippen LogP) is 0.896. The van der Waals surface area contributed by atoms with Crippen molar-refractivity contribution in [1.29, 1.82) is 0 Å². The Labute approximate surface area is 153 Å². The summed E-state index contributed by atoms with van der Waals surface area (Å²) in [6.07, 6.45) is 0. The largest absolute Gasteiger partial charge is 0.467 e. The summed E-state index contributed by atoms with van der Waals surface area (Å²) >= 11 is 0. The number of nitrogens with two attached hydrogens (primary N) is 1. The average Bonchev–Trinajstić information content (AvgIpc) is 2.69. The molecule has 9 heteroatoms. The highest BCUT2D eigenvalue weighted by Gasteiger charge is 2.06. The van der Waals surface area contributed by atoms with Crippen molar-refractivity contribution in [2.24, 2.45) is 5.73 Å². The molecule has 0 bridgehead atoms. The number of anilines is 2. The van der Waals surface area contributed by atoms with E-state index in [9.17, 15) is 0 Å². The SMILES string of the molecule is COc1nc(NCCOCCOCCN)nc(NCc2ccccc2)n1. The number of nitrogens with zero attached hydrogens (tertiary/aromatic N) is 3. The third kappa shape index (κ3) is 7.60. The van der Waals surface area contributed by atoms with Gasteiger partial charge in [-0.1, -0.05) is 30.3 Å². The number of methoxy groups -OCH3 is 1. The Balaban J connectivity index is 1.77. The van der Waals surface area contributed by atoms with Crippen molar-refractivity contribution in [2.75, 3.05) is 57.3 Å². The zero-order valence-corrected chi connectivity index (χ0v) is 15.0. The number of aromatic nitrogens is 3. The third-order valence-electron chi connectivity index (χ3n) is 3.25. The highest BCUT2D eigenvalue weighted by molar-refractivity contribution is 5.36. The maximum absolute atomic E-state index is 5.45. The van der Waals surface area contributed by atoms with E-state index in [1.807, 2.05) is 30.3 Å². The number of ether oxygens (including phenoxy) is 3. The van der Waals surface area contributed by atoms with Crippen LogP contribution in [0.25, 0.3) is 0 Å². The quantitative estimate of drug-likeness (QED) is 0.447. The fraction of sp³-hybridized carbons (Fsp3) is 0.471. The van der Waals surface area contributed by atoms with E-state index in [1.54, 1.807) is 0 Å². The number of benzene rings is 1. The van der Waals surface area contributed by atoms with Gasteiger partial charge in [-0.3, -0.25) is 0 Å². The molecule has 2 rings (SSSR count). The molecule has 2 aromatic rings. The Morgan fingerprint density at radius 3 is 2.27 bits per heavy atom. The summed E-state index contributed by atoms with van der Waals surface area (Å²) in [6, 6.07) is 10.2. The predicted molar refractivity (Wildman–Crippen MR) is 99.3 cm³/mol. The van der Waals surface area contributed by atoms with Crippen LogP contribution >= 0.6 is 0 Å². The van der Waals surface area contributed by atoms with Gasteiger partial charge in [-0.15, -0.1) is 0 Å². The second kappa shape index (κ2) is 12.0. The first-order chi connectivity index (χ1) is 12.8. The number of hydrogen-bond donors (Lipinski definition) is 3. The first kappa shape index (κ1) is 19.8. The second-order valence-corrected chi connectivity index (χ2v) is 5.25. The van der Waals surface area contributed by atoms with Crippen molar-refractivity contribution in [3.05, 3.63) is 35.9 Å². The summed E-state index contributed by atoms with van der Waals surface area (Å²) in [5.41, 5.74) is 6.47. The van der Waals surface area contributed by atoms with Crippen LogP contribution < -0.4 is 21.1 Å². The molecule has 0 radical (unpaired) electrons. The van der Waals surface area contributed by atoms with E-state index in [0.29, 0.717) is 58.0 Å². The van der Waals surface area contributed by atoms with Gasteiger partial charge < -0.3 is 30.6 Å². The molecule has 4 N–H and O–H groups in total. The van der Waals surface area contributed by atoms with E-state index in [1.165, 1.54) is 7.11 Å². The van der Waals surface area contributed by atoms with E-state index in [0.717, 1.165) is 5.56 Å². The minimum Gasteiger partial charge on any atom is -0.467 e. The smallest absolute Gasteiger partial charge is 0.322 e. The van der Waals surface area contributed by atoms with Gasteiger partial charge in [-0.05, 0) is 5.56 Å². The van der Waals surface area contributed by atoms with Crippen LogP contribution in [0.2, 0.25) is 0 Å². The second-order valence-electron chi connectivity index (χ2n) is 5.25. The fourth-order valence-corrected chi connectivity index (χ4v) is 2.02. The Morgan fingerprint density at radius 1 is 0.885 bits per heavy atom. The third-order valence-corrected chi connectivity index (χ3v) is 3.25. The van der Waals surface area contributed by atoms with Gasteiger partial charge in [-0.2, -0.15) is 15.0 Å². The summed E-state index contributed by atoms with van der Waals surface area (Å²) in [5, 5.41) is 6.26. The lowest BCUT2D eigenvalue weighted by atomic mass is 10.2. The van der Waals surface area contributed by atoms with E-state index in [4.69, 9.17) is 19.9 Å². The van der Waals surface area contributed by atoms with Crippen LogP contribution in [0.5, 0.6) is 6.01 Å². The van der Waals surface area contributed by atoms with Crippen LogP contribution in [0, 0.1) is 0 Å². The molecule has 0 aliphatic heterocycles. The molecule has 0 aliphatic carbocycles. The van der Waals surface area contributed by atoms with Gasteiger partial charge in [0, 0.05) is 19.6 Å². The minimum absolute atomic E-state index is 0.245. The van der Waals surface area contributed by atoms with E-state index >= 15 is 0 Å². The number of rotatable bonds is 13. The van der Waals surface area contributed by atoms with Gasteiger partial charge in [0.2, 0.25) is 11.9 Å². The number of nitrogens with one attached hydrogen (secondary N) is 2. The molecule has 0 spiro atoms. The molecule has 0 atom stereocenters. The van der Waals surface area contributed by atoms with Crippen molar-refractivity contribution < 1.29 is 14.2 Å². The molecule has 1 aromatic heterocycles. The summed E-state index contributed by atoms with van der Waals surface area (Å²) in [7, 11) is 1.52. The molecule has 0 fully saturated rings.